The maximum atomic E-state index is 11.8. The molecule has 2 rings (SSSR count). The third-order valence-electron chi connectivity index (χ3n) is 2.68. The first kappa shape index (κ1) is 15.6. The van der Waals surface area contributed by atoms with Gasteiger partial charge in [-0.3, -0.25) is 4.79 Å². The molecular weight excluding hydrogens is 312 g/mol. The lowest BCUT2D eigenvalue weighted by molar-refractivity contribution is -0.142. The number of nitrogens with one attached hydrogen (secondary N) is 1. The molecule has 0 radical (unpaired) electrons. The van der Waals surface area contributed by atoms with Gasteiger partial charge in [-0.15, -0.1) is 22.7 Å². The minimum absolute atomic E-state index is 0.0153. The Morgan fingerprint density at radius 1 is 1.38 bits per heavy atom. The molecule has 6 nitrogen and oxygen atoms in total. The number of carbonyl (C=O) groups excluding carboxylic acids is 1. The third-order valence-corrected chi connectivity index (χ3v) is 4.61. The molecule has 0 aromatic carbocycles. The van der Waals surface area contributed by atoms with Crippen LogP contribution in [-0.2, 0) is 16.0 Å². The highest BCUT2D eigenvalue weighted by Crippen LogP contribution is 2.27. The molecule has 0 spiro atoms. The lowest BCUT2D eigenvalue weighted by Gasteiger charge is -2.12. The van der Waals surface area contributed by atoms with Crippen molar-refractivity contribution in [3.05, 3.63) is 28.6 Å². The zero-order valence-corrected chi connectivity index (χ0v) is 12.6. The SMILES string of the molecule is O=C(Cc1csc(-c2cccs2)n1)N[C@H](CCO)C(=O)O. The molecule has 2 heterocycles. The second-order valence-corrected chi connectivity index (χ2v) is 6.07. The van der Waals surface area contributed by atoms with Crippen molar-refractivity contribution < 1.29 is 19.8 Å². The average molecular weight is 326 g/mol. The van der Waals surface area contributed by atoms with Crippen LogP contribution in [-0.4, -0.2) is 39.7 Å². The number of carbonyl (C=O) groups is 2. The van der Waals surface area contributed by atoms with Crippen LogP contribution < -0.4 is 5.32 Å². The van der Waals surface area contributed by atoms with Gasteiger partial charge in [-0.2, -0.15) is 0 Å². The molecule has 0 aliphatic carbocycles. The van der Waals surface area contributed by atoms with E-state index in [4.69, 9.17) is 10.2 Å². The Morgan fingerprint density at radius 3 is 2.81 bits per heavy atom. The van der Waals surface area contributed by atoms with Crippen molar-refractivity contribution >= 4 is 34.6 Å². The number of carboxylic acids is 1. The van der Waals surface area contributed by atoms with Gasteiger partial charge >= 0.3 is 5.97 Å². The van der Waals surface area contributed by atoms with Crippen molar-refractivity contribution in [1.29, 1.82) is 0 Å². The quantitative estimate of drug-likeness (QED) is 0.713. The van der Waals surface area contributed by atoms with E-state index in [9.17, 15) is 9.59 Å². The molecule has 0 saturated heterocycles. The lowest BCUT2D eigenvalue weighted by Crippen LogP contribution is -2.42. The minimum atomic E-state index is -1.16. The number of carboxylic acid groups (broad SMARTS) is 1. The van der Waals surface area contributed by atoms with Gasteiger partial charge in [0.1, 0.15) is 11.0 Å². The number of aliphatic hydroxyl groups is 1. The average Bonchev–Trinajstić information content (AvgIpc) is 3.08. The monoisotopic (exact) mass is 326 g/mol. The van der Waals surface area contributed by atoms with Gasteiger partial charge in [-0.25, -0.2) is 9.78 Å². The van der Waals surface area contributed by atoms with E-state index in [2.05, 4.69) is 10.3 Å². The molecule has 8 heteroatoms. The highest BCUT2D eigenvalue weighted by atomic mass is 32.1. The zero-order valence-electron chi connectivity index (χ0n) is 11.0. The van der Waals surface area contributed by atoms with Crippen LogP contribution in [0.2, 0.25) is 0 Å². The van der Waals surface area contributed by atoms with E-state index in [0.29, 0.717) is 5.69 Å². The summed E-state index contributed by atoms with van der Waals surface area (Å²) in [6.07, 6.45) is 0.00959. The Bertz CT molecular complexity index is 609. The van der Waals surface area contributed by atoms with Crippen LogP contribution in [0.3, 0.4) is 0 Å². The molecule has 2 aromatic heterocycles. The standard InChI is InChI=1S/C13H14N2O4S2/c16-4-3-9(13(18)19)15-11(17)6-8-7-21-12(14-8)10-2-1-5-20-10/h1-2,5,7,9,16H,3-4,6H2,(H,15,17)(H,18,19)/t9-/m1/s1. The summed E-state index contributed by atoms with van der Waals surface area (Å²) in [6.45, 7) is -0.295. The van der Waals surface area contributed by atoms with E-state index in [-0.39, 0.29) is 19.4 Å². The van der Waals surface area contributed by atoms with Crippen LogP contribution in [0.15, 0.2) is 22.9 Å². The number of rotatable bonds is 7. The number of aliphatic carboxylic acids is 1. The highest BCUT2D eigenvalue weighted by molar-refractivity contribution is 7.20. The first-order chi connectivity index (χ1) is 10.1. The minimum Gasteiger partial charge on any atom is -0.480 e. The summed E-state index contributed by atoms with van der Waals surface area (Å²) in [4.78, 5) is 28.1. The van der Waals surface area contributed by atoms with E-state index >= 15 is 0 Å². The molecule has 1 atom stereocenters. The predicted octanol–water partition coefficient (Wildman–Crippen LogP) is 1.37. The topological polar surface area (TPSA) is 99.5 Å². The molecule has 2 aromatic rings. The summed E-state index contributed by atoms with van der Waals surface area (Å²) in [5, 5.41) is 24.6. The van der Waals surface area contributed by atoms with Gasteiger partial charge in [0.15, 0.2) is 0 Å². The Labute approximate surface area is 129 Å². The number of thiazole rings is 1. The molecule has 0 aliphatic heterocycles. The van der Waals surface area contributed by atoms with Gasteiger partial charge in [0.05, 0.1) is 17.0 Å². The lowest BCUT2D eigenvalue weighted by atomic mass is 10.2. The number of amides is 1. The van der Waals surface area contributed by atoms with E-state index in [1.54, 1.807) is 16.7 Å². The van der Waals surface area contributed by atoms with Crippen LogP contribution in [0.5, 0.6) is 0 Å². The van der Waals surface area contributed by atoms with E-state index in [1.807, 2.05) is 17.5 Å². The molecule has 1 amide bonds. The number of hydrogen-bond acceptors (Lipinski definition) is 6. The fourth-order valence-electron chi connectivity index (χ4n) is 1.70. The van der Waals surface area contributed by atoms with Gasteiger partial charge < -0.3 is 15.5 Å². The van der Waals surface area contributed by atoms with Crippen molar-refractivity contribution in [3.8, 4) is 9.88 Å². The third kappa shape index (κ3) is 4.35. The normalized spacial score (nSPS) is 12.0. The maximum Gasteiger partial charge on any atom is 0.326 e. The van der Waals surface area contributed by atoms with Crippen molar-refractivity contribution in [3.63, 3.8) is 0 Å². The van der Waals surface area contributed by atoms with Gasteiger partial charge in [0, 0.05) is 18.4 Å². The second-order valence-electron chi connectivity index (χ2n) is 4.27. The number of thiophene rings is 1. The van der Waals surface area contributed by atoms with Crippen molar-refractivity contribution in [2.75, 3.05) is 6.61 Å². The molecular formula is C13H14N2O4S2. The number of aromatic nitrogens is 1. The van der Waals surface area contributed by atoms with Crippen LogP contribution >= 0.6 is 22.7 Å². The molecule has 0 saturated carbocycles. The smallest absolute Gasteiger partial charge is 0.326 e. The van der Waals surface area contributed by atoms with Crippen molar-refractivity contribution in [1.82, 2.24) is 10.3 Å². The van der Waals surface area contributed by atoms with Gasteiger partial charge in [0.25, 0.3) is 0 Å². The molecule has 0 unspecified atom stereocenters. The molecule has 0 bridgehead atoms. The molecule has 21 heavy (non-hydrogen) atoms. The van der Waals surface area contributed by atoms with Crippen LogP contribution in [0.25, 0.3) is 9.88 Å². The number of nitrogens with zero attached hydrogens (tertiary/aromatic N) is 1. The van der Waals surface area contributed by atoms with E-state index in [0.717, 1.165) is 9.88 Å². The highest BCUT2D eigenvalue weighted by Gasteiger charge is 2.19. The summed E-state index contributed by atoms with van der Waals surface area (Å²) in [6, 6.07) is 2.81. The van der Waals surface area contributed by atoms with Crippen molar-refractivity contribution in [2.24, 2.45) is 0 Å². The number of hydrogen-bond donors (Lipinski definition) is 3. The summed E-state index contributed by atoms with van der Waals surface area (Å²) in [7, 11) is 0. The van der Waals surface area contributed by atoms with Gasteiger partial charge in [-0.05, 0) is 11.4 Å². The van der Waals surface area contributed by atoms with Crippen LogP contribution in [0.4, 0.5) is 0 Å². The Hall–Kier alpha value is -1.77. The molecule has 0 aliphatic rings. The van der Waals surface area contributed by atoms with Gasteiger partial charge in [0.2, 0.25) is 5.91 Å². The first-order valence-electron chi connectivity index (χ1n) is 6.21. The summed E-state index contributed by atoms with van der Waals surface area (Å²) in [5.74, 6) is -1.58. The Kier molecular flexibility index (Phi) is 5.43. The largest absolute Gasteiger partial charge is 0.480 e. The van der Waals surface area contributed by atoms with Crippen molar-refractivity contribution in [2.45, 2.75) is 18.9 Å². The summed E-state index contributed by atoms with van der Waals surface area (Å²) in [5.41, 5.74) is 0.606. The van der Waals surface area contributed by atoms with E-state index < -0.39 is 17.9 Å². The predicted molar refractivity (Wildman–Crippen MR) is 80.4 cm³/mol. The summed E-state index contributed by atoms with van der Waals surface area (Å²) >= 11 is 3.02. The second kappa shape index (κ2) is 7.30. The summed E-state index contributed by atoms with van der Waals surface area (Å²) < 4.78 is 0. The molecule has 3 N–H and O–H groups in total. The molecule has 0 fully saturated rings. The maximum absolute atomic E-state index is 11.8. The molecule has 112 valence electrons. The fraction of sp³-hybridized carbons (Fsp3) is 0.308. The fourth-order valence-corrected chi connectivity index (χ4v) is 3.33. The van der Waals surface area contributed by atoms with Crippen LogP contribution in [0, 0.1) is 0 Å². The Balaban J connectivity index is 1.95. The zero-order chi connectivity index (χ0) is 15.2. The van der Waals surface area contributed by atoms with Gasteiger partial charge in [-0.1, -0.05) is 6.07 Å². The first-order valence-corrected chi connectivity index (χ1v) is 7.97. The van der Waals surface area contributed by atoms with Crippen LogP contribution in [0.1, 0.15) is 12.1 Å². The number of aliphatic hydroxyl groups excluding tert-OH is 1. The van der Waals surface area contributed by atoms with E-state index in [1.165, 1.54) is 11.3 Å². The Morgan fingerprint density at radius 2 is 2.19 bits per heavy atom.